The first-order chi connectivity index (χ1) is 9.10. The van der Waals surface area contributed by atoms with Crippen LogP contribution in [-0.2, 0) is 9.53 Å². The second kappa shape index (κ2) is 5.55. The van der Waals surface area contributed by atoms with Crippen molar-refractivity contribution < 1.29 is 14.3 Å². The number of nitrogens with zero attached hydrogens (tertiary/aromatic N) is 1. The predicted octanol–water partition coefficient (Wildman–Crippen LogP) is 0.141. The minimum atomic E-state index is -0.503. The Morgan fingerprint density at radius 2 is 2.47 bits per heavy atom. The third-order valence-electron chi connectivity index (χ3n) is 2.95. The van der Waals surface area contributed by atoms with Gasteiger partial charge in [0.15, 0.2) is 0 Å². The number of nitrogens with one attached hydrogen (secondary N) is 2. The van der Waals surface area contributed by atoms with Crippen LogP contribution in [0.2, 0.25) is 0 Å². The van der Waals surface area contributed by atoms with E-state index in [1.165, 1.54) is 19.4 Å². The molecule has 1 fully saturated rings. The van der Waals surface area contributed by atoms with Crippen LogP contribution in [0.25, 0.3) is 0 Å². The highest BCUT2D eigenvalue weighted by molar-refractivity contribution is 5.95. The second-order valence-corrected chi connectivity index (χ2v) is 4.33. The highest BCUT2D eigenvalue weighted by Crippen LogP contribution is 2.16. The molecule has 1 aliphatic rings. The van der Waals surface area contributed by atoms with Crippen LogP contribution in [-0.4, -0.2) is 36.6 Å². The van der Waals surface area contributed by atoms with Crippen molar-refractivity contribution in [3.8, 4) is 0 Å². The number of amides is 1. The van der Waals surface area contributed by atoms with Gasteiger partial charge in [-0.05, 0) is 12.5 Å². The van der Waals surface area contributed by atoms with E-state index in [-0.39, 0.29) is 23.2 Å². The topological polar surface area (TPSA) is 106 Å². The van der Waals surface area contributed by atoms with E-state index in [2.05, 4.69) is 20.4 Å². The van der Waals surface area contributed by atoms with Crippen LogP contribution in [0.4, 0.5) is 11.5 Å². The van der Waals surface area contributed by atoms with Gasteiger partial charge in [0, 0.05) is 19.0 Å². The molecule has 1 amide bonds. The Labute approximate surface area is 110 Å². The summed E-state index contributed by atoms with van der Waals surface area (Å²) >= 11 is 0. The average molecular weight is 264 g/mol. The number of pyridine rings is 1. The third-order valence-corrected chi connectivity index (χ3v) is 2.95. The maximum Gasteiger partial charge on any atom is 0.340 e. The fraction of sp³-hybridized carbons (Fsp3) is 0.417. The smallest absolute Gasteiger partial charge is 0.340 e. The third kappa shape index (κ3) is 3.12. The maximum atomic E-state index is 11.5. The first-order valence-electron chi connectivity index (χ1n) is 5.97. The highest BCUT2D eigenvalue weighted by Gasteiger charge is 2.20. The lowest BCUT2D eigenvalue weighted by molar-refractivity contribution is -0.119. The minimum Gasteiger partial charge on any atom is -0.465 e. The number of anilines is 2. The van der Waals surface area contributed by atoms with Crippen LogP contribution < -0.4 is 16.4 Å². The van der Waals surface area contributed by atoms with E-state index in [0.717, 1.165) is 6.42 Å². The van der Waals surface area contributed by atoms with Crippen LogP contribution in [0, 0.1) is 0 Å². The monoisotopic (exact) mass is 264 g/mol. The van der Waals surface area contributed by atoms with Gasteiger partial charge in [-0.2, -0.15) is 0 Å². The number of nitrogens with two attached hydrogens (primary N) is 1. The molecule has 1 saturated heterocycles. The lowest BCUT2D eigenvalue weighted by Crippen LogP contribution is -2.32. The Hall–Kier alpha value is -2.31. The summed E-state index contributed by atoms with van der Waals surface area (Å²) in [5.41, 5.74) is 6.20. The van der Waals surface area contributed by atoms with Crippen molar-refractivity contribution in [1.82, 2.24) is 10.3 Å². The summed E-state index contributed by atoms with van der Waals surface area (Å²) in [5, 5.41) is 5.90. The number of hydrogen-bond donors (Lipinski definition) is 3. The summed E-state index contributed by atoms with van der Waals surface area (Å²) in [6.45, 7) is 0.559. The van der Waals surface area contributed by atoms with Crippen molar-refractivity contribution in [3.05, 3.63) is 17.8 Å². The number of methoxy groups -OCH3 is 1. The average Bonchev–Trinajstić information content (AvgIpc) is 2.83. The molecule has 0 saturated carbocycles. The lowest BCUT2D eigenvalue weighted by atomic mass is 10.2. The molecule has 102 valence electrons. The molecular weight excluding hydrogens is 248 g/mol. The number of hydrogen-bond acceptors (Lipinski definition) is 6. The van der Waals surface area contributed by atoms with E-state index < -0.39 is 5.97 Å². The van der Waals surface area contributed by atoms with Crippen LogP contribution in [0.5, 0.6) is 0 Å². The molecule has 0 aliphatic carbocycles. The Morgan fingerprint density at radius 1 is 1.68 bits per heavy atom. The molecule has 1 unspecified atom stereocenters. The zero-order valence-corrected chi connectivity index (χ0v) is 10.6. The van der Waals surface area contributed by atoms with Crippen molar-refractivity contribution in [2.75, 3.05) is 24.7 Å². The molecule has 1 aliphatic heterocycles. The molecule has 2 rings (SSSR count). The summed E-state index contributed by atoms with van der Waals surface area (Å²) in [6.07, 6.45) is 2.75. The van der Waals surface area contributed by atoms with Gasteiger partial charge in [-0.1, -0.05) is 0 Å². The number of esters is 1. The molecule has 4 N–H and O–H groups in total. The standard InChI is InChI=1S/C12H16N4O3/c1-19-12(18)8-4-10(15-6-9(8)13)14-5-7-2-3-11(17)16-7/h4,6-7H,2-3,5,13H2,1H3,(H,14,15)(H,16,17). The van der Waals surface area contributed by atoms with Crippen LogP contribution in [0.15, 0.2) is 12.3 Å². The van der Waals surface area contributed by atoms with E-state index in [4.69, 9.17) is 5.73 Å². The molecule has 0 bridgehead atoms. The van der Waals surface area contributed by atoms with Crippen LogP contribution >= 0.6 is 0 Å². The molecule has 1 aromatic rings. The number of nitrogen functional groups attached to an aromatic ring is 1. The van der Waals surface area contributed by atoms with E-state index in [0.29, 0.717) is 18.8 Å². The van der Waals surface area contributed by atoms with Gasteiger partial charge in [-0.25, -0.2) is 9.78 Å². The molecule has 7 heteroatoms. The van der Waals surface area contributed by atoms with E-state index in [9.17, 15) is 9.59 Å². The zero-order valence-electron chi connectivity index (χ0n) is 10.6. The molecular formula is C12H16N4O3. The van der Waals surface area contributed by atoms with E-state index >= 15 is 0 Å². The van der Waals surface area contributed by atoms with Gasteiger partial charge in [0.1, 0.15) is 5.82 Å². The van der Waals surface area contributed by atoms with E-state index in [1.54, 1.807) is 0 Å². The van der Waals surface area contributed by atoms with Gasteiger partial charge in [-0.3, -0.25) is 4.79 Å². The van der Waals surface area contributed by atoms with Gasteiger partial charge >= 0.3 is 5.97 Å². The first kappa shape index (κ1) is 13.1. The summed E-state index contributed by atoms with van der Waals surface area (Å²) in [6, 6.07) is 1.63. The second-order valence-electron chi connectivity index (χ2n) is 4.33. The molecule has 0 aromatic carbocycles. The van der Waals surface area contributed by atoms with Crippen molar-refractivity contribution >= 4 is 23.4 Å². The maximum absolute atomic E-state index is 11.5. The summed E-state index contributed by atoms with van der Waals surface area (Å²) in [7, 11) is 1.30. The Balaban J connectivity index is 2.00. The quantitative estimate of drug-likeness (QED) is 0.668. The Kier molecular flexibility index (Phi) is 3.84. The molecule has 0 radical (unpaired) electrons. The Morgan fingerprint density at radius 3 is 3.11 bits per heavy atom. The number of aromatic nitrogens is 1. The lowest BCUT2D eigenvalue weighted by Gasteiger charge is -2.12. The normalized spacial score (nSPS) is 17.9. The fourth-order valence-corrected chi connectivity index (χ4v) is 1.91. The first-order valence-corrected chi connectivity index (χ1v) is 5.97. The molecule has 19 heavy (non-hydrogen) atoms. The zero-order chi connectivity index (χ0) is 13.8. The van der Waals surface area contributed by atoms with Crippen molar-refractivity contribution in [2.24, 2.45) is 0 Å². The van der Waals surface area contributed by atoms with Gasteiger partial charge in [0.05, 0.1) is 24.6 Å². The van der Waals surface area contributed by atoms with Gasteiger partial charge in [-0.15, -0.1) is 0 Å². The summed E-state index contributed by atoms with van der Waals surface area (Å²) < 4.78 is 4.63. The molecule has 1 atom stereocenters. The number of carbonyl (C=O) groups is 2. The van der Waals surface area contributed by atoms with Crippen molar-refractivity contribution in [3.63, 3.8) is 0 Å². The minimum absolute atomic E-state index is 0.0623. The molecule has 0 spiro atoms. The summed E-state index contributed by atoms with van der Waals surface area (Å²) in [5.74, 6) is 0.0835. The largest absolute Gasteiger partial charge is 0.465 e. The van der Waals surface area contributed by atoms with Gasteiger partial charge in [0.25, 0.3) is 0 Å². The van der Waals surface area contributed by atoms with Gasteiger partial charge < -0.3 is 21.1 Å². The molecule has 1 aromatic heterocycles. The number of rotatable bonds is 4. The fourth-order valence-electron chi connectivity index (χ4n) is 1.91. The van der Waals surface area contributed by atoms with E-state index in [1.807, 2.05) is 0 Å². The Bertz CT molecular complexity index is 504. The number of carbonyl (C=O) groups excluding carboxylic acids is 2. The number of ether oxygens (including phenoxy) is 1. The SMILES string of the molecule is COC(=O)c1cc(NCC2CCC(=O)N2)ncc1N. The van der Waals surface area contributed by atoms with Gasteiger partial charge in [0.2, 0.25) is 5.91 Å². The van der Waals surface area contributed by atoms with Crippen molar-refractivity contribution in [1.29, 1.82) is 0 Å². The van der Waals surface area contributed by atoms with Crippen LogP contribution in [0.1, 0.15) is 23.2 Å². The highest BCUT2D eigenvalue weighted by atomic mass is 16.5. The molecule has 7 nitrogen and oxygen atoms in total. The van der Waals surface area contributed by atoms with Crippen molar-refractivity contribution in [2.45, 2.75) is 18.9 Å². The molecule has 2 heterocycles. The predicted molar refractivity (Wildman–Crippen MR) is 69.6 cm³/mol. The summed E-state index contributed by atoms with van der Waals surface area (Å²) in [4.78, 5) is 26.6. The van der Waals surface area contributed by atoms with Crippen LogP contribution in [0.3, 0.4) is 0 Å².